The predicted octanol–water partition coefficient (Wildman–Crippen LogP) is 3.22. The summed E-state index contributed by atoms with van der Waals surface area (Å²) >= 11 is 0. The van der Waals surface area contributed by atoms with Crippen molar-refractivity contribution in [3.05, 3.63) is 54.3 Å². The van der Waals surface area contributed by atoms with Crippen LogP contribution in [0, 0.1) is 5.82 Å². The molecule has 2 aromatic carbocycles. The minimum atomic E-state index is -0.243. The summed E-state index contributed by atoms with van der Waals surface area (Å²) < 4.78 is 19.3. The molecule has 0 fully saturated rings. The van der Waals surface area contributed by atoms with E-state index in [1.165, 1.54) is 6.07 Å². The minimum absolute atomic E-state index is 0.243. The van der Waals surface area contributed by atoms with Gasteiger partial charge in [-0.05, 0) is 36.7 Å². The van der Waals surface area contributed by atoms with Crippen LogP contribution in [0.5, 0.6) is 5.75 Å². The van der Waals surface area contributed by atoms with Crippen LogP contribution in [-0.4, -0.2) is 13.2 Å². The lowest BCUT2D eigenvalue weighted by molar-refractivity contribution is 0.313. The van der Waals surface area contributed by atoms with E-state index in [0.29, 0.717) is 24.5 Å². The Hall–Kier alpha value is -1.87. The van der Waals surface area contributed by atoms with E-state index in [1.807, 2.05) is 30.3 Å². The van der Waals surface area contributed by atoms with Crippen LogP contribution in [0.2, 0.25) is 0 Å². The van der Waals surface area contributed by atoms with E-state index in [0.717, 1.165) is 12.0 Å². The summed E-state index contributed by atoms with van der Waals surface area (Å²) in [4.78, 5) is 0. The first-order valence-electron chi connectivity index (χ1n) is 5.99. The first kappa shape index (κ1) is 12.6. The molecule has 2 rings (SSSR count). The lowest BCUT2D eigenvalue weighted by Gasteiger charge is -2.08. The smallest absolute Gasteiger partial charge is 0.131 e. The molecule has 0 amide bonds. The first-order chi connectivity index (χ1) is 8.81. The Morgan fingerprint density at radius 1 is 1.06 bits per heavy atom. The van der Waals surface area contributed by atoms with Crippen molar-refractivity contribution in [3.63, 3.8) is 0 Å². The topological polar surface area (TPSA) is 35.2 Å². The molecule has 3 heteroatoms. The van der Waals surface area contributed by atoms with Gasteiger partial charge in [-0.15, -0.1) is 0 Å². The third kappa shape index (κ3) is 3.08. The lowest BCUT2D eigenvalue weighted by Crippen LogP contribution is -2.06. The fourth-order valence-corrected chi connectivity index (χ4v) is 1.71. The maximum Gasteiger partial charge on any atom is 0.131 e. The molecule has 0 spiro atoms. The van der Waals surface area contributed by atoms with Gasteiger partial charge in [0.05, 0.1) is 6.61 Å². The largest absolute Gasteiger partial charge is 0.494 e. The molecule has 0 atom stereocenters. The van der Waals surface area contributed by atoms with Gasteiger partial charge in [0.25, 0.3) is 0 Å². The second-order valence-corrected chi connectivity index (χ2v) is 4.00. The van der Waals surface area contributed by atoms with Gasteiger partial charge in [-0.1, -0.05) is 30.3 Å². The van der Waals surface area contributed by atoms with Crippen LogP contribution in [0.3, 0.4) is 0 Å². The number of halogens is 1. The maximum atomic E-state index is 13.8. The summed E-state index contributed by atoms with van der Waals surface area (Å²) in [6, 6.07) is 14.2. The molecule has 2 N–H and O–H groups in total. The molecule has 2 aromatic rings. The Bertz CT molecular complexity index is 499. The van der Waals surface area contributed by atoms with E-state index in [4.69, 9.17) is 10.5 Å². The fraction of sp³-hybridized carbons (Fsp3) is 0.200. The highest BCUT2D eigenvalue weighted by atomic mass is 19.1. The Balaban J connectivity index is 2.22. The first-order valence-corrected chi connectivity index (χ1v) is 5.99. The summed E-state index contributed by atoms with van der Waals surface area (Å²) in [6.45, 7) is 1.14. The number of rotatable bonds is 5. The van der Waals surface area contributed by atoms with Gasteiger partial charge in [-0.3, -0.25) is 0 Å². The zero-order valence-electron chi connectivity index (χ0n) is 10.1. The van der Waals surface area contributed by atoms with Crippen molar-refractivity contribution in [2.24, 2.45) is 5.73 Å². The van der Waals surface area contributed by atoms with Gasteiger partial charge in [0, 0.05) is 5.56 Å². The zero-order valence-corrected chi connectivity index (χ0v) is 10.1. The van der Waals surface area contributed by atoms with Crippen molar-refractivity contribution in [1.29, 1.82) is 0 Å². The van der Waals surface area contributed by atoms with Gasteiger partial charge in [-0.2, -0.15) is 0 Å². The van der Waals surface area contributed by atoms with Crippen molar-refractivity contribution in [2.45, 2.75) is 6.42 Å². The van der Waals surface area contributed by atoms with E-state index >= 15 is 0 Å². The molecule has 0 radical (unpaired) electrons. The summed E-state index contributed by atoms with van der Waals surface area (Å²) in [6.07, 6.45) is 0.790. The fourth-order valence-electron chi connectivity index (χ4n) is 1.71. The van der Waals surface area contributed by atoms with E-state index in [1.54, 1.807) is 12.1 Å². The van der Waals surface area contributed by atoms with Crippen molar-refractivity contribution in [3.8, 4) is 16.9 Å². The van der Waals surface area contributed by atoms with Gasteiger partial charge in [0.1, 0.15) is 11.6 Å². The highest BCUT2D eigenvalue weighted by molar-refractivity contribution is 5.65. The Morgan fingerprint density at radius 2 is 1.83 bits per heavy atom. The summed E-state index contributed by atoms with van der Waals surface area (Å²) in [7, 11) is 0. The Morgan fingerprint density at radius 3 is 2.56 bits per heavy atom. The van der Waals surface area contributed by atoms with Crippen molar-refractivity contribution in [1.82, 2.24) is 0 Å². The number of nitrogens with two attached hydrogens (primary N) is 1. The summed E-state index contributed by atoms with van der Waals surface area (Å²) in [5.41, 5.74) is 6.80. The molecule has 0 saturated carbocycles. The maximum absolute atomic E-state index is 13.8. The monoisotopic (exact) mass is 245 g/mol. The quantitative estimate of drug-likeness (QED) is 0.821. The van der Waals surface area contributed by atoms with Crippen LogP contribution < -0.4 is 10.5 Å². The van der Waals surface area contributed by atoms with Gasteiger partial charge in [-0.25, -0.2) is 4.39 Å². The molecule has 0 aromatic heterocycles. The molecule has 94 valence electrons. The standard InChI is InChI=1S/C15H16FNO/c16-15-8-7-13(18-10-4-9-17)11-14(15)12-5-2-1-3-6-12/h1-3,5-8,11H,4,9-10,17H2. The normalized spacial score (nSPS) is 10.3. The van der Waals surface area contributed by atoms with E-state index in [9.17, 15) is 4.39 Å². The number of benzene rings is 2. The molecule has 0 aliphatic carbocycles. The number of hydrogen-bond acceptors (Lipinski definition) is 2. The average molecular weight is 245 g/mol. The molecule has 0 heterocycles. The predicted molar refractivity (Wildman–Crippen MR) is 71.0 cm³/mol. The summed E-state index contributed by atoms with van der Waals surface area (Å²) in [5.74, 6) is 0.427. The number of hydrogen-bond donors (Lipinski definition) is 1. The molecule has 0 aliphatic heterocycles. The van der Waals surface area contributed by atoms with Crippen LogP contribution in [0.4, 0.5) is 4.39 Å². The van der Waals surface area contributed by atoms with Gasteiger partial charge < -0.3 is 10.5 Å². The minimum Gasteiger partial charge on any atom is -0.494 e. The van der Waals surface area contributed by atoms with Crippen molar-refractivity contribution >= 4 is 0 Å². The third-order valence-electron chi connectivity index (χ3n) is 2.64. The average Bonchev–Trinajstić information content (AvgIpc) is 2.42. The Labute approximate surface area is 106 Å². The molecule has 0 bridgehead atoms. The second-order valence-electron chi connectivity index (χ2n) is 4.00. The molecule has 0 aliphatic rings. The van der Waals surface area contributed by atoms with Crippen LogP contribution in [-0.2, 0) is 0 Å². The molecule has 0 unspecified atom stereocenters. The highest BCUT2D eigenvalue weighted by Crippen LogP contribution is 2.26. The van der Waals surface area contributed by atoms with Crippen LogP contribution in [0.25, 0.3) is 11.1 Å². The SMILES string of the molecule is NCCCOc1ccc(F)c(-c2ccccc2)c1. The molecule has 0 saturated heterocycles. The second kappa shape index (κ2) is 6.17. The van der Waals surface area contributed by atoms with Crippen molar-refractivity contribution in [2.75, 3.05) is 13.2 Å². The molecule has 18 heavy (non-hydrogen) atoms. The van der Waals surface area contributed by atoms with Crippen molar-refractivity contribution < 1.29 is 9.13 Å². The van der Waals surface area contributed by atoms with Gasteiger partial charge in [0.15, 0.2) is 0 Å². The van der Waals surface area contributed by atoms with E-state index in [-0.39, 0.29) is 5.82 Å². The van der Waals surface area contributed by atoms with Gasteiger partial charge in [0.2, 0.25) is 0 Å². The third-order valence-corrected chi connectivity index (χ3v) is 2.64. The van der Waals surface area contributed by atoms with Crippen LogP contribution in [0.1, 0.15) is 6.42 Å². The zero-order chi connectivity index (χ0) is 12.8. The van der Waals surface area contributed by atoms with E-state index < -0.39 is 0 Å². The molecule has 2 nitrogen and oxygen atoms in total. The van der Waals surface area contributed by atoms with Crippen LogP contribution in [0.15, 0.2) is 48.5 Å². The Kier molecular flexibility index (Phi) is 4.31. The number of ether oxygens (including phenoxy) is 1. The van der Waals surface area contributed by atoms with Crippen LogP contribution >= 0.6 is 0 Å². The molecular weight excluding hydrogens is 229 g/mol. The lowest BCUT2D eigenvalue weighted by atomic mass is 10.1. The van der Waals surface area contributed by atoms with Gasteiger partial charge >= 0.3 is 0 Å². The highest BCUT2D eigenvalue weighted by Gasteiger charge is 2.06. The van der Waals surface area contributed by atoms with E-state index in [2.05, 4.69) is 0 Å². The summed E-state index contributed by atoms with van der Waals surface area (Å²) in [5, 5.41) is 0. The molecular formula is C15H16FNO.